The Morgan fingerprint density at radius 3 is 2.55 bits per heavy atom. The second-order valence-corrected chi connectivity index (χ2v) is 7.20. The number of aliphatic hydroxyl groups excluding tert-OH is 1. The monoisotopic (exact) mass is 423 g/mol. The number of fused-ring (bicyclic) bond motifs is 2. The number of amides is 1. The van der Waals surface area contributed by atoms with Gasteiger partial charge < -0.3 is 25.0 Å². The van der Waals surface area contributed by atoms with Gasteiger partial charge in [-0.05, 0) is 45.1 Å². The summed E-state index contributed by atoms with van der Waals surface area (Å²) in [6.07, 6.45) is 8.17. The van der Waals surface area contributed by atoms with Crippen molar-refractivity contribution >= 4 is 11.9 Å². The molecular weight excluding hydrogens is 398 g/mol. The minimum atomic E-state index is -1.20. The molecule has 0 aliphatic carbocycles. The van der Waals surface area contributed by atoms with Crippen molar-refractivity contribution in [3.05, 3.63) is 82.5 Å². The Hall–Kier alpha value is -3.74. The van der Waals surface area contributed by atoms with Gasteiger partial charge in [-0.2, -0.15) is 0 Å². The molecule has 1 unspecified atom stereocenters. The summed E-state index contributed by atoms with van der Waals surface area (Å²) in [5.74, 6) is -0.176. The minimum absolute atomic E-state index is 0.00520. The van der Waals surface area contributed by atoms with Gasteiger partial charge in [0.25, 0.3) is 0 Å². The lowest BCUT2D eigenvalue weighted by Gasteiger charge is -2.37. The van der Waals surface area contributed by atoms with Crippen molar-refractivity contribution in [2.45, 2.75) is 39.7 Å². The van der Waals surface area contributed by atoms with E-state index < -0.39 is 11.6 Å². The second-order valence-electron chi connectivity index (χ2n) is 7.20. The van der Waals surface area contributed by atoms with E-state index in [0.717, 1.165) is 0 Å². The third kappa shape index (κ3) is 4.12. The van der Waals surface area contributed by atoms with Crippen LogP contribution in [-0.4, -0.2) is 22.1 Å². The van der Waals surface area contributed by atoms with E-state index in [1.807, 2.05) is 0 Å². The highest BCUT2D eigenvalue weighted by atomic mass is 16.6. The molecule has 0 bridgehead atoms. The topological polar surface area (TPSA) is 105 Å². The lowest BCUT2D eigenvalue weighted by atomic mass is 9.79. The van der Waals surface area contributed by atoms with E-state index in [-0.39, 0.29) is 23.8 Å². The van der Waals surface area contributed by atoms with Gasteiger partial charge in [0.05, 0.1) is 0 Å². The number of ether oxygens (including phenoxy) is 2. The smallest absolute Gasteiger partial charge is 0.335 e. The van der Waals surface area contributed by atoms with Gasteiger partial charge in [0.2, 0.25) is 5.91 Å². The first-order chi connectivity index (χ1) is 14.7. The second kappa shape index (κ2) is 8.55. The standard InChI is InChI=1S/C24H25NO6/c1-5-16(25-14(4)26)10-15-13-24(31-23(15)29)19(7-3)21(11-17(27)6-2)30-22-12-18(28)8-9-20(22)24/h5-12,27-28H,13H2,1-4H3,(H,25,26)/b15-10+,16-5+,17-6+,19-7+,21-11+. The summed E-state index contributed by atoms with van der Waals surface area (Å²) < 4.78 is 11.9. The molecule has 31 heavy (non-hydrogen) atoms. The maximum atomic E-state index is 12.9. The van der Waals surface area contributed by atoms with Crippen molar-refractivity contribution in [3.63, 3.8) is 0 Å². The number of aromatic hydroxyl groups is 1. The number of allylic oxidation sites excluding steroid dienone is 5. The quantitative estimate of drug-likeness (QED) is 0.383. The molecule has 0 saturated carbocycles. The number of phenolic OH excluding ortho intramolecular Hbond substituents is 1. The highest BCUT2D eigenvalue weighted by Crippen LogP contribution is 2.54. The van der Waals surface area contributed by atoms with E-state index in [4.69, 9.17) is 9.47 Å². The fourth-order valence-electron chi connectivity index (χ4n) is 3.74. The minimum Gasteiger partial charge on any atom is -0.508 e. The number of carbonyl (C=O) groups is 2. The molecule has 7 nitrogen and oxygen atoms in total. The zero-order valence-electron chi connectivity index (χ0n) is 17.9. The van der Waals surface area contributed by atoms with Crippen LogP contribution in [0.1, 0.15) is 39.7 Å². The molecule has 1 atom stereocenters. The molecule has 162 valence electrons. The lowest BCUT2D eigenvalue weighted by molar-refractivity contribution is -0.144. The maximum absolute atomic E-state index is 12.9. The van der Waals surface area contributed by atoms with Crippen LogP contribution in [0.4, 0.5) is 0 Å². The molecule has 3 rings (SSSR count). The largest absolute Gasteiger partial charge is 0.508 e. The highest BCUT2D eigenvalue weighted by molar-refractivity contribution is 5.93. The van der Waals surface area contributed by atoms with E-state index in [0.29, 0.717) is 33.9 Å². The van der Waals surface area contributed by atoms with Crippen LogP contribution in [0.5, 0.6) is 11.5 Å². The number of benzene rings is 1. The normalized spacial score (nSPS) is 25.0. The van der Waals surface area contributed by atoms with Crippen molar-refractivity contribution in [1.29, 1.82) is 0 Å². The summed E-state index contributed by atoms with van der Waals surface area (Å²) in [6.45, 7) is 6.61. The number of rotatable bonds is 3. The average Bonchev–Trinajstić information content (AvgIpc) is 3.03. The van der Waals surface area contributed by atoms with E-state index in [9.17, 15) is 19.8 Å². The highest BCUT2D eigenvalue weighted by Gasteiger charge is 2.53. The lowest BCUT2D eigenvalue weighted by Crippen LogP contribution is -2.34. The van der Waals surface area contributed by atoms with Crippen LogP contribution in [-0.2, 0) is 19.9 Å². The number of aliphatic hydroxyl groups is 1. The summed E-state index contributed by atoms with van der Waals surface area (Å²) in [5, 5.41) is 22.7. The van der Waals surface area contributed by atoms with Crippen molar-refractivity contribution in [2.75, 3.05) is 0 Å². The van der Waals surface area contributed by atoms with Gasteiger partial charge in [0, 0.05) is 47.9 Å². The number of phenols is 1. The van der Waals surface area contributed by atoms with E-state index in [2.05, 4.69) is 5.32 Å². The Labute approximate surface area is 180 Å². The molecular formula is C24H25NO6. The van der Waals surface area contributed by atoms with Crippen LogP contribution in [0.25, 0.3) is 0 Å². The molecule has 2 aliphatic heterocycles. The zero-order valence-corrected chi connectivity index (χ0v) is 17.9. The van der Waals surface area contributed by atoms with E-state index >= 15 is 0 Å². The number of hydrogen-bond acceptors (Lipinski definition) is 6. The predicted octanol–water partition coefficient (Wildman–Crippen LogP) is 4.19. The first-order valence-corrected chi connectivity index (χ1v) is 9.87. The van der Waals surface area contributed by atoms with Gasteiger partial charge in [-0.1, -0.05) is 12.2 Å². The molecule has 0 radical (unpaired) electrons. The van der Waals surface area contributed by atoms with Crippen LogP contribution in [0, 0.1) is 0 Å². The summed E-state index contributed by atoms with van der Waals surface area (Å²) >= 11 is 0. The van der Waals surface area contributed by atoms with Gasteiger partial charge >= 0.3 is 5.97 Å². The van der Waals surface area contributed by atoms with Crippen LogP contribution in [0.15, 0.2) is 76.9 Å². The molecule has 1 fully saturated rings. The number of nitrogens with one attached hydrogen (secondary N) is 1. The summed E-state index contributed by atoms with van der Waals surface area (Å²) in [7, 11) is 0. The van der Waals surface area contributed by atoms with Crippen molar-refractivity contribution in [3.8, 4) is 11.5 Å². The predicted molar refractivity (Wildman–Crippen MR) is 115 cm³/mol. The molecule has 1 saturated heterocycles. The first kappa shape index (κ1) is 22.0. The number of hydrogen-bond donors (Lipinski definition) is 3. The fraction of sp³-hybridized carbons (Fsp3) is 0.250. The van der Waals surface area contributed by atoms with Crippen molar-refractivity contribution in [1.82, 2.24) is 5.32 Å². The summed E-state index contributed by atoms with van der Waals surface area (Å²) in [4.78, 5) is 24.3. The van der Waals surface area contributed by atoms with E-state index in [1.165, 1.54) is 31.2 Å². The number of carbonyl (C=O) groups excluding carboxylic acids is 2. The molecule has 1 spiro atoms. The molecule has 1 amide bonds. The maximum Gasteiger partial charge on any atom is 0.335 e. The molecule has 1 aromatic carbocycles. The SMILES string of the molecule is C\C=C(O)/C=C1/Oc2cc(O)ccc2C2(C/C(=C\C(=C/C)NC(C)=O)C(=O)O2)/C1=C/C. The van der Waals surface area contributed by atoms with Crippen LogP contribution >= 0.6 is 0 Å². The average molecular weight is 423 g/mol. The third-order valence-corrected chi connectivity index (χ3v) is 5.11. The Balaban J connectivity index is 2.18. The molecule has 2 aliphatic rings. The first-order valence-electron chi connectivity index (χ1n) is 9.87. The van der Waals surface area contributed by atoms with Crippen LogP contribution in [0.2, 0.25) is 0 Å². The third-order valence-electron chi connectivity index (χ3n) is 5.11. The van der Waals surface area contributed by atoms with Gasteiger partial charge in [-0.3, -0.25) is 4.79 Å². The summed E-state index contributed by atoms with van der Waals surface area (Å²) in [5.41, 5.74) is 0.801. The zero-order chi connectivity index (χ0) is 22.8. The fourth-order valence-corrected chi connectivity index (χ4v) is 3.74. The molecule has 1 aromatic rings. The van der Waals surface area contributed by atoms with Gasteiger partial charge in [-0.25, -0.2) is 4.79 Å². The molecule has 7 heteroatoms. The molecule has 2 heterocycles. The summed E-state index contributed by atoms with van der Waals surface area (Å²) in [6, 6.07) is 4.59. The number of esters is 1. The Morgan fingerprint density at radius 2 is 1.94 bits per heavy atom. The Bertz CT molecular complexity index is 1090. The van der Waals surface area contributed by atoms with Gasteiger partial charge in [0.1, 0.15) is 23.0 Å². The van der Waals surface area contributed by atoms with Gasteiger partial charge in [-0.15, -0.1) is 0 Å². The molecule has 3 N–H and O–H groups in total. The van der Waals surface area contributed by atoms with E-state index in [1.54, 1.807) is 45.1 Å². The van der Waals surface area contributed by atoms with Crippen LogP contribution < -0.4 is 10.1 Å². The van der Waals surface area contributed by atoms with Gasteiger partial charge in [0.15, 0.2) is 5.60 Å². The van der Waals surface area contributed by atoms with Crippen molar-refractivity contribution in [2.24, 2.45) is 0 Å². The Morgan fingerprint density at radius 1 is 1.19 bits per heavy atom. The van der Waals surface area contributed by atoms with Crippen molar-refractivity contribution < 1.29 is 29.3 Å². The Kier molecular flexibility index (Phi) is 6.06. The van der Waals surface area contributed by atoms with Crippen LogP contribution in [0.3, 0.4) is 0 Å². The molecule has 0 aromatic heterocycles.